The largest absolute Gasteiger partial charge is 0.417 e. The Labute approximate surface area is 147 Å². The Morgan fingerprint density at radius 1 is 1.38 bits per heavy atom. The average molecular weight is 364 g/mol. The van der Waals surface area contributed by atoms with Crippen molar-refractivity contribution in [3.63, 3.8) is 0 Å². The third-order valence-corrected chi connectivity index (χ3v) is 5.11. The summed E-state index contributed by atoms with van der Waals surface area (Å²) in [6.07, 6.45) is -4.45. The molecule has 2 aliphatic rings. The first kappa shape index (κ1) is 16.9. The van der Waals surface area contributed by atoms with Gasteiger partial charge in [-0.3, -0.25) is 4.90 Å². The molecule has 10 heteroatoms. The maximum atomic E-state index is 13.2. The molecule has 0 spiro atoms. The molecule has 2 saturated heterocycles. The molecule has 0 radical (unpaired) electrons. The van der Waals surface area contributed by atoms with E-state index in [0.29, 0.717) is 24.9 Å². The van der Waals surface area contributed by atoms with Gasteiger partial charge in [0.25, 0.3) is 0 Å². The van der Waals surface area contributed by atoms with Gasteiger partial charge in [0.15, 0.2) is 5.82 Å². The zero-order valence-corrected chi connectivity index (χ0v) is 13.8. The van der Waals surface area contributed by atoms with Gasteiger partial charge in [-0.15, -0.1) is 5.10 Å². The van der Waals surface area contributed by atoms with Gasteiger partial charge in [-0.05, 0) is 28.6 Å². The summed E-state index contributed by atoms with van der Waals surface area (Å²) in [5.41, 5.74) is -1.26. The van der Waals surface area contributed by atoms with Crippen molar-refractivity contribution < 1.29 is 17.9 Å². The highest BCUT2D eigenvalue weighted by Crippen LogP contribution is 2.35. The summed E-state index contributed by atoms with van der Waals surface area (Å²) in [4.78, 5) is 2.19. The Morgan fingerprint density at radius 3 is 2.81 bits per heavy atom. The van der Waals surface area contributed by atoms with Gasteiger partial charge in [0.2, 0.25) is 0 Å². The molecule has 0 unspecified atom stereocenters. The van der Waals surface area contributed by atoms with Crippen LogP contribution in [0.5, 0.6) is 0 Å². The normalized spacial score (nSPS) is 25.6. The number of tetrazole rings is 1. The molecule has 2 fully saturated rings. The predicted molar refractivity (Wildman–Crippen MR) is 82.0 cm³/mol. The number of alkyl halides is 3. The molecule has 2 aliphatic heterocycles. The number of nitrogens with zero attached hydrogens (tertiary/aromatic N) is 6. The van der Waals surface area contributed by atoms with Crippen LogP contribution >= 0.6 is 0 Å². The molecule has 3 atom stereocenters. The second-order valence-corrected chi connectivity index (χ2v) is 6.57. The maximum Gasteiger partial charge on any atom is 0.417 e. The van der Waals surface area contributed by atoms with E-state index < -0.39 is 17.3 Å². The minimum atomic E-state index is -4.63. The van der Waals surface area contributed by atoms with Gasteiger partial charge in [0.1, 0.15) is 0 Å². The summed E-state index contributed by atoms with van der Waals surface area (Å²) in [5, 5.41) is 20.3. The van der Waals surface area contributed by atoms with Gasteiger partial charge in [-0.2, -0.15) is 23.1 Å². The summed E-state index contributed by atoms with van der Waals surface area (Å²) in [5.74, 6) is 0.855. The fourth-order valence-electron chi connectivity index (χ4n) is 3.66. The lowest BCUT2D eigenvalue weighted by Crippen LogP contribution is -2.37. The van der Waals surface area contributed by atoms with Crippen molar-refractivity contribution >= 4 is 0 Å². The SMILES string of the molecule is C[C@H]1[C@H]2CO[C@@H]1CN2Cc1nnnn1-c1ccc(C#N)c(C(F)(F)F)c1. The number of rotatable bonds is 3. The van der Waals surface area contributed by atoms with Crippen LogP contribution in [0.2, 0.25) is 0 Å². The summed E-state index contributed by atoms with van der Waals surface area (Å²) in [6, 6.07) is 5.28. The average Bonchev–Trinajstić information content (AvgIpc) is 3.29. The van der Waals surface area contributed by atoms with Gasteiger partial charge in [-0.25, -0.2) is 0 Å². The molecule has 1 aromatic heterocycles. The number of morpholine rings is 1. The number of benzene rings is 1. The number of halogens is 3. The van der Waals surface area contributed by atoms with Gasteiger partial charge in [-0.1, -0.05) is 6.92 Å². The molecular formula is C16H15F3N6O. The molecule has 4 rings (SSSR count). The lowest BCUT2D eigenvalue weighted by molar-refractivity contribution is -0.137. The monoisotopic (exact) mass is 364 g/mol. The van der Waals surface area contributed by atoms with Crippen LogP contribution in [-0.4, -0.2) is 50.4 Å². The van der Waals surface area contributed by atoms with Crippen molar-refractivity contribution in [1.82, 2.24) is 25.1 Å². The number of hydrogen-bond acceptors (Lipinski definition) is 6. The van der Waals surface area contributed by atoms with Crippen LogP contribution in [-0.2, 0) is 17.5 Å². The number of nitriles is 1. The Morgan fingerprint density at radius 2 is 2.19 bits per heavy atom. The topological polar surface area (TPSA) is 79.9 Å². The smallest absolute Gasteiger partial charge is 0.375 e. The first-order valence-corrected chi connectivity index (χ1v) is 8.13. The second-order valence-electron chi connectivity index (χ2n) is 6.57. The lowest BCUT2D eigenvalue weighted by Gasteiger charge is -2.26. The quantitative estimate of drug-likeness (QED) is 0.826. The summed E-state index contributed by atoms with van der Waals surface area (Å²) in [6.45, 7) is 3.94. The van der Waals surface area contributed by atoms with Gasteiger partial charge < -0.3 is 4.74 Å². The van der Waals surface area contributed by atoms with Crippen molar-refractivity contribution in [2.75, 3.05) is 13.2 Å². The highest BCUT2D eigenvalue weighted by molar-refractivity contribution is 5.47. The van der Waals surface area contributed by atoms with Crippen LogP contribution in [0.1, 0.15) is 23.9 Å². The molecule has 26 heavy (non-hydrogen) atoms. The Balaban J connectivity index is 1.64. The minimum absolute atomic E-state index is 0.171. The molecule has 0 amide bonds. The van der Waals surface area contributed by atoms with Crippen LogP contribution in [0.4, 0.5) is 13.2 Å². The minimum Gasteiger partial charge on any atom is -0.375 e. The first-order valence-electron chi connectivity index (χ1n) is 8.13. The van der Waals surface area contributed by atoms with E-state index in [1.54, 1.807) is 6.07 Å². The van der Waals surface area contributed by atoms with Crippen molar-refractivity contribution in [1.29, 1.82) is 5.26 Å². The zero-order valence-electron chi connectivity index (χ0n) is 13.8. The zero-order chi connectivity index (χ0) is 18.5. The Kier molecular flexibility index (Phi) is 3.93. The van der Waals surface area contributed by atoms with E-state index >= 15 is 0 Å². The molecule has 2 bridgehead atoms. The number of hydrogen-bond donors (Lipinski definition) is 0. The number of likely N-dealkylation sites (tertiary alicyclic amines) is 1. The van der Waals surface area contributed by atoms with Crippen LogP contribution in [0.25, 0.3) is 5.69 Å². The van der Waals surface area contributed by atoms with E-state index in [1.807, 2.05) is 0 Å². The number of ether oxygens (including phenoxy) is 1. The van der Waals surface area contributed by atoms with Crippen LogP contribution in [0.3, 0.4) is 0 Å². The highest BCUT2D eigenvalue weighted by atomic mass is 19.4. The van der Waals surface area contributed by atoms with E-state index in [0.717, 1.165) is 18.7 Å². The molecule has 2 aromatic rings. The second kappa shape index (κ2) is 6.03. The van der Waals surface area contributed by atoms with Gasteiger partial charge in [0, 0.05) is 18.5 Å². The lowest BCUT2D eigenvalue weighted by atomic mass is 10.1. The fourth-order valence-corrected chi connectivity index (χ4v) is 3.66. The van der Waals surface area contributed by atoms with Crippen molar-refractivity contribution in [2.45, 2.75) is 31.8 Å². The van der Waals surface area contributed by atoms with E-state index in [9.17, 15) is 13.2 Å². The molecule has 0 aliphatic carbocycles. The summed E-state index contributed by atoms with van der Waals surface area (Å²) >= 11 is 0. The van der Waals surface area contributed by atoms with Crippen molar-refractivity contribution in [3.8, 4) is 11.8 Å². The van der Waals surface area contributed by atoms with Gasteiger partial charge >= 0.3 is 6.18 Å². The molecule has 1 aromatic carbocycles. The summed E-state index contributed by atoms with van der Waals surface area (Å²) in [7, 11) is 0. The summed E-state index contributed by atoms with van der Waals surface area (Å²) < 4.78 is 46.5. The Hall–Kier alpha value is -2.51. The maximum absolute atomic E-state index is 13.2. The third kappa shape index (κ3) is 2.73. The molecule has 3 heterocycles. The van der Waals surface area contributed by atoms with E-state index in [2.05, 4.69) is 27.3 Å². The molecule has 7 nitrogen and oxygen atoms in total. The molecular weight excluding hydrogens is 349 g/mol. The Bertz CT molecular complexity index is 874. The number of fused-ring (bicyclic) bond motifs is 2. The van der Waals surface area contributed by atoms with Crippen LogP contribution < -0.4 is 0 Å². The highest BCUT2D eigenvalue weighted by Gasteiger charge is 2.45. The van der Waals surface area contributed by atoms with E-state index in [-0.39, 0.29) is 17.8 Å². The van der Waals surface area contributed by atoms with Gasteiger partial charge in [0.05, 0.1) is 42.1 Å². The van der Waals surface area contributed by atoms with Crippen molar-refractivity contribution in [3.05, 3.63) is 35.2 Å². The first-order chi connectivity index (χ1) is 12.4. The van der Waals surface area contributed by atoms with Crippen molar-refractivity contribution in [2.24, 2.45) is 5.92 Å². The van der Waals surface area contributed by atoms with E-state index in [4.69, 9.17) is 10.00 Å². The predicted octanol–water partition coefficient (Wildman–Crippen LogP) is 1.77. The third-order valence-electron chi connectivity index (χ3n) is 5.11. The molecule has 136 valence electrons. The molecule has 0 N–H and O–H groups in total. The number of aromatic nitrogens is 4. The fraction of sp³-hybridized carbons (Fsp3) is 0.500. The standard InChI is InChI=1S/C16H15F3N6O/c1-9-13-8-26-14(9)6-24(13)7-15-21-22-23-25(15)11-3-2-10(5-20)12(4-11)16(17,18)19/h2-4,9,13-14H,6-8H2,1H3/t9-,13+,14+/m0/s1. The van der Waals surface area contributed by atoms with Crippen LogP contribution in [0.15, 0.2) is 18.2 Å². The van der Waals surface area contributed by atoms with Crippen LogP contribution in [0, 0.1) is 17.2 Å². The van der Waals surface area contributed by atoms with E-state index in [1.165, 1.54) is 10.7 Å². The molecule has 0 saturated carbocycles.